The fraction of sp³-hybridized carbons (Fsp3) is 0.200. The van der Waals surface area contributed by atoms with Crippen molar-refractivity contribution in [2.75, 3.05) is 13.1 Å². The number of hydrogen-bond acceptors (Lipinski definition) is 5. The van der Waals surface area contributed by atoms with E-state index in [-0.39, 0.29) is 42.6 Å². The molecule has 2 aromatic carbocycles. The number of carbonyl (C=O) groups excluding carboxylic acids is 2. The van der Waals surface area contributed by atoms with Crippen LogP contribution in [0.15, 0.2) is 72.6 Å². The summed E-state index contributed by atoms with van der Waals surface area (Å²) in [5.74, 6) is -1.18. The maximum absolute atomic E-state index is 13.3. The number of aryl methyl sites for hydroxylation is 1. The molecule has 0 aliphatic heterocycles. The van der Waals surface area contributed by atoms with Crippen LogP contribution in [0.1, 0.15) is 26.4 Å². The van der Waals surface area contributed by atoms with Crippen molar-refractivity contribution in [3.63, 3.8) is 0 Å². The quantitative estimate of drug-likeness (QED) is 0.233. The summed E-state index contributed by atoms with van der Waals surface area (Å²) in [7, 11) is 0. The Labute approximate surface area is 200 Å². The predicted molar refractivity (Wildman–Crippen MR) is 129 cm³/mol. The lowest BCUT2D eigenvalue weighted by molar-refractivity contribution is -0.385. The van der Waals surface area contributed by atoms with E-state index in [1.807, 2.05) is 17.5 Å². The molecule has 0 radical (unpaired) electrons. The minimum absolute atomic E-state index is 0.0929. The van der Waals surface area contributed by atoms with Gasteiger partial charge in [-0.25, -0.2) is 4.39 Å². The van der Waals surface area contributed by atoms with Gasteiger partial charge in [-0.1, -0.05) is 30.3 Å². The first-order chi connectivity index (χ1) is 16.3. The van der Waals surface area contributed by atoms with Crippen molar-refractivity contribution in [2.45, 2.75) is 20.0 Å². The van der Waals surface area contributed by atoms with Crippen molar-refractivity contribution >= 4 is 28.8 Å². The molecule has 0 atom stereocenters. The van der Waals surface area contributed by atoms with Crippen LogP contribution in [0, 0.1) is 22.9 Å². The Balaban J connectivity index is 1.83. The lowest BCUT2D eigenvalue weighted by Gasteiger charge is -2.27. The standard InChI is InChI=1S/C25H24FN3O4S/c1-3-12-27(25(31)20-9-6-18(2)23(14-20)29(32)33)17-24(30)28(16-22-5-4-13-34-22)15-19-7-10-21(26)11-8-19/h3-11,13-14H,1,12,15-17H2,2H3. The van der Waals surface area contributed by atoms with Gasteiger partial charge in [-0.05, 0) is 42.1 Å². The molecule has 0 unspecified atom stereocenters. The molecule has 1 aromatic heterocycles. The molecule has 1 heterocycles. The molecule has 0 fully saturated rings. The third-order valence-corrected chi connectivity index (χ3v) is 6.04. The molecule has 34 heavy (non-hydrogen) atoms. The van der Waals surface area contributed by atoms with Crippen LogP contribution in [0.4, 0.5) is 10.1 Å². The van der Waals surface area contributed by atoms with Crippen LogP contribution in [0.25, 0.3) is 0 Å². The van der Waals surface area contributed by atoms with Gasteiger partial charge in [0.25, 0.3) is 11.6 Å². The van der Waals surface area contributed by atoms with Gasteiger partial charge in [0.05, 0.1) is 11.5 Å². The van der Waals surface area contributed by atoms with E-state index >= 15 is 0 Å². The first kappa shape index (κ1) is 24.8. The van der Waals surface area contributed by atoms with E-state index in [9.17, 15) is 24.1 Å². The van der Waals surface area contributed by atoms with Gasteiger partial charge >= 0.3 is 0 Å². The van der Waals surface area contributed by atoms with Crippen LogP contribution in [0.5, 0.6) is 0 Å². The summed E-state index contributed by atoms with van der Waals surface area (Å²) in [6.45, 7) is 5.69. The van der Waals surface area contributed by atoms with Gasteiger partial charge in [0.1, 0.15) is 12.4 Å². The average Bonchev–Trinajstić information content (AvgIpc) is 3.32. The van der Waals surface area contributed by atoms with Crippen molar-refractivity contribution in [3.8, 4) is 0 Å². The maximum Gasteiger partial charge on any atom is 0.273 e. The number of nitrogens with zero attached hydrogens (tertiary/aromatic N) is 3. The third kappa shape index (κ3) is 6.35. The molecular weight excluding hydrogens is 457 g/mol. The zero-order chi connectivity index (χ0) is 24.7. The van der Waals surface area contributed by atoms with Crippen LogP contribution in [0.2, 0.25) is 0 Å². The van der Waals surface area contributed by atoms with Crippen LogP contribution in [0.3, 0.4) is 0 Å². The van der Waals surface area contributed by atoms with Crippen LogP contribution in [-0.4, -0.2) is 39.6 Å². The number of carbonyl (C=O) groups is 2. The molecule has 0 N–H and O–H groups in total. The number of benzene rings is 2. The van der Waals surface area contributed by atoms with Crippen molar-refractivity contribution in [1.82, 2.24) is 9.80 Å². The fourth-order valence-corrected chi connectivity index (χ4v) is 4.11. The number of nitro benzene ring substituents is 1. The van der Waals surface area contributed by atoms with E-state index in [1.54, 1.807) is 24.0 Å². The topological polar surface area (TPSA) is 83.8 Å². The number of nitro groups is 1. The minimum atomic E-state index is -0.541. The Kier molecular flexibility index (Phi) is 8.26. The number of rotatable bonds is 10. The molecule has 176 valence electrons. The fourth-order valence-electron chi connectivity index (χ4n) is 3.39. The largest absolute Gasteiger partial charge is 0.332 e. The molecule has 9 heteroatoms. The van der Waals surface area contributed by atoms with Gasteiger partial charge in [-0.3, -0.25) is 19.7 Å². The molecular formula is C25H24FN3O4S. The van der Waals surface area contributed by atoms with E-state index in [2.05, 4.69) is 6.58 Å². The molecule has 3 aromatic rings. The minimum Gasteiger partial charge on any atom is -0.332 e. The smallest absolute Gasteiger partial charge is 0.273 e. The second kappa shape index (κ2) is 11.3. The van der Waals surface area contributed by atoms with Gasteiger partial charge in [-0.2, -0.15) is 0 Å². The number of amides is 2. The van der Waals surface area contributed by atoms with Crippen LogP contribution >= 0.6 is 11.3 Å². The second-order valence-electron chi connectivity index (χ2n) is 7.69. The summed E-state index contributed by atoms with van der Waals surface area (Å²) in [4.78, 5) is 41.1. The maximum atomic E-state index is 13.3. The SMILES string of the molecule is C=CCN(CC(=O)N(Cc1ccc(F)cc1)Cc1cccs1)C(=O)c1ccc(C)c([N+](=O)[O-])c1. The average molecular weight is 482 g/mol. The van der Waals surface area contributed by atoms with Crippen LogP contribution < -0.4 is 0 Å². The zero-order valence-corrected chi connectivity index (χ0v) is 19.5. The molecule has 0 saturated carbocycles. The summed E-state index contributed by atoms with van der Waals surface area (Å²) < 4.78 is 13.3. The first-order valence-electron chi connectivity index (χ1n) is 10.5. The predicted octanol–water partition coefficient (Wildman–Crippen LogP) is 4.96. The molecule has 0 spiro atoms. The molecule has 3 rings (SSSR count). The zero-order valence-electron chi connectivity index (χ0n) is 18.6. The van der Waals surface area contributed by atoms with Gasteiger partial charge in [0, 0.05) is 35.2 Å². The summed E-state index contributed by atoms with van der Waals surface area (Å²) >= 11 is 1.51. The Morgan fingerprint density at radius 1 is 1.12 bits per heavy atom. The monoisotopic (exact) mass is 481 g/mol. The van der Waals surface area contributed by atoms with Gasteiger partial charge in [-0.15, -0.1) is 17.9 Å². The van der Waals surface area contributed by atoms with E-state index in [0.29, 0.717) is 12.1 Å². The molecule has 0 bridgehead atoms. The van der Waals surface area contributed by atoms with Crippen LogP contribution in [-0.2, 0) is 17.9 Å². The lowest BCUT2D eigenvalue weighted by atomic mass is 10.1. The lowest BCUT2D eigenvalue weighted by Crippen LogP contribution is -2.42. The number of thiophene rings is 1. The Hall–Kier alpha value is -3.85. The van der Waals surface area contributed by atoms with Gasteiger partial charge < -0.3 is 9.80 Å². The third-order valence-electron chi connectivity index (χ3n) is 5.18. The van der Waals surface area contributed by atoms with Gasteiger partial charge in [0.15, 0.2) is 0 Å². The molecule has 0 aliphatic carbocycles. The van der Waals surface area contributed by atoms with Crippen molar-refractivity contribution in [1.29, 1.82) is 0 Å². The number of hydrogen-bond donors (Lipinski definition) is 0. The van der Waals surface area contributed by atoms with E-state index in [0.717, 1.165) is 10.4 Å². The molecule has 0 aliphatic rings. The Bertz CT molecular complexity index is 1180. The Morgan fingerprint density at radius 3 is 2.47 bits per heavy atom. The van der Waals surface area contributed by atoms with Crippen molar-refractivity contribution < 1.29 is 18.9 Å². The summed E-state index contributed by atoms with van der Waals surface area (Å²) in [5.41, 5.74) is 1.15. The molecule has 2 amide bonds. The van der Waals surface area contributed by atoms with Gasteiger partial charge in [0.2, 0.25) is 5.91 Å². The van der Waals surface area contributed by atoms with E-state index < -0.39 is 10.8 Å². The normalized spacial score (nSPS) is 10.5. The summed E-state index contributed by atoms with van der Waals surface area (Å²) in [5, 5.41) is 13.2. The highest BCUT2D eigenvalue weighted by atomic mass is 32.1. The summed E-state index contributed by atoms with van der Waals surface area (Å²) in [6.07, 6.45) is 1.50. The first-order valence-corrected chi connectivity index (χ1v) is 11.4. The highest BCUT2D eigenvalue weighted by molar-refractivity contribution is 7.09. The molecule has 0 saturated heterocycles. The second-order valence-corrected chi connectivity index (χ2v) is 8.72. The Morgan fingerprint density at radius 2 is 1.85 bits per heavy atom. The van der Waals surface area contributed by atoms with Crippen molar-refractivity contribution in [2.24, 2.45) is 0 Å². The van der Waals surface area contributed by atoms with E-state index in [1.165, 1.54) is 52.6 Å². The number of halogens is 1. The highest BCUT2D eigenvalue weighted by Gasteiger charge is 2.24. The highest BCUT2D eigenvalue weighted by Crippen LogP contribution is 2.21. The molecule has 7 nitrogen and oxygen atoms in total. The summed E-state index contributed by atoms with van der Waals surface area (Å²) in [6, 6.07) is 13.9. The van der Waals surface area contributed by atoms with E-state index in [4.69, 9.17) is 0 Å². The van der Waals surface area contributed by atoms with Crippen molar-refractivity contribution in [3.05, 3.63) is 110 Å².